The molecule has 12 nitrogen and oxygen atoms in total. The SMILES string of the molecule is C[C@H](C[C@@H](C)OC(=O)c1ccc2c(C(=C=N)C#N)c3ccccc3c(C(=C=N)C#N)c2c1)OC(=O)c1ccc2c(C(=C=N)C#N)c3ccccc3c(C(=C=N)C#N)c2c1. The monoisotopic (exact) mass is 768 g/mol. The first kappa shape index (κ1) is 39.7. The predicted octanol–water partition coefficient (Wildman–Crippen LogP) is 9.10. The van der Waals surface area contributed by atoms with Crippen LogP contribution in [-0.2, 0) is 9.47 Å². The number of fused-ring (bicyclic) bond motifs is 4. The van der Waals surface area contributed by atoms with Gasteiger partial charge in [0.25, 0.3) is 0 Å². The normalized spacial score (nSPS) is 11.2. The Morgan fingerprint density at radius 1 is 0.475 bits per heavy atom. The lowest BCUT2D eigenvalue weighted by molar-refractivity contribution is 0.00764. The highest BCUT2D eigenvalue weighted by Gasteiger charge is 2.25. The summed E-state index contributed by atoms with van der Waals surface area (Å²) >= 11 is 0. The second kappa shape index (κ2) is 16.8. The van der Waals surface area contributed by atoms with E-state index in [0.717, 1.165) is 0 Å². The molecule has 0 saturated heterocycles. The van der Waals surface area contributed by atoms with Crippen LogP contribution in [0.2, 0.25) is 0 Å². The average molecular weight is 769 g/mol. The highest BCUT2D eigenvalue weighted by atomic mass is 16.6. The van der Waals surface area contributed by atoms with Crippen LogP contribution >= 0.6 is 0 Å². The van der Waals surface area contributed by atoms with Crippen molar-refractivity contribution in [1.82, 2.24) is 0 Å². The van der Waals surface area contributed by atoms with Crippen LogP contribution in [0.3, 0.4) is 0 Å². The van der Waals surface area contributed by atoms with Crippen LogP contribution in [0.25, 0.3) is 65.4 Å². The molecule has 0 radical (unpaired) electrons. The van der Waals surface area contributed by atoms with Crippen molar-refractivity contribution in [2.45, 2.75) is 32.5 Å². The van der Waals surface area contributed by atoms with Crippen LogP contribution in [0.5, 0.6) is 0 Å². The zero-order chi connectivity index (χ0) is 42.4. The smallest absolute Gasteiger partial charge is 0.338 e. The Bertz CT molecular complexity index is 3020. The van der Waals surface area contributed by atoms with Crippen LogP contribution in [0, 0.1) is 67.0 Å². The lowest BCUT2D eigenvalue weighted by Gasteiger charge is -2.20. The highest BCUT2D eigenvalue weighted by Crippen LogP contribution is 2.41. The molecule has 0 spiro atoms. The van der Waals surface area contributed by atoms with Gasteiger partial charge in [0.1, 0.15) is 58.8 Å². The Labute approximate surface area is 336 Å². The minimum Gasteiger partial charge on any atom is -0.459 e. The second-order valence-corrected chi connectivity index (χ2v) is 13.2. The van der Waals surface area contributed by atoms with Gasteiger partial charge in [0, 0.05) is 28.7 Å². The summed E-state index contributed by atoms with van der Waals surface area (Å²) in [6.07, 6.45) is -1.44. The molecular weight excluding hydrogens is 741 g/mol. The van der Waals surface area contributed by atoms with Gasteiger partial charge in [-0.15, -0.1) is 0 Å². The van der Waals surface area contributed by atoms with E-state index in [4.69, 9.17) is 31.1 Å². The Morgan fingerprint density at radius 2 is 0.746 bits per heavy atom. The number of benzene rings is 6. The second-order valence-electron chi connectivity index (χ2n) is 13.2. The number of nitriles is 4. The molecule has 0 unspecified atom stereocenters. The minimum atomic E-state index is -0.764. The summed E-state index contributed by atoms with van der Waals surface area (Å²) in [6.45, 7) is 3.26. The third-order valence-electron chi connectivity index (χ3n) is 9.75. The molecule has 6 aromatic carbocycles. The zero-order valence-electron chi connectivity index (χ0n) is 31.4. The molecular formula is C47H28N8O4. The van der Waals surface area contributed by atoms with Crippen LogP contribution in [0.1, 0.15) is 63.2 Å². The maximum atomic E-state index is 13.6. The van der Waals surface area contributed by atoms with E-state index in [1.807, 2.05) is 24.3 Å². The average Bonchev–Trinajstić information content (AvgIpc) is 3.25. The fourth-order valence-corrected chi connectivity index (χ4v) is 7.34. The van der Waals surface area contributed by atoms with Crippen molar-refractivity contribution < 1.29 is 19.1 Å². The van der Waals surface area contributed by atoms with E-state index in [1.165, 1.54) is 24.3 Å². The van der Waals surface area contributed by atoms with Crippen molar-refractivity contribution in [2.75, 3.05) is 0 Å². The molecule has 59 heavy (non-hydrogen) atoms. The molecule has 280 valence electrons. The molecule has 12 heteroatoms. The van der Waals surface area contributed by atoms with Gasteiger partial charge in [-0.3, -0.25) is 21.6 Å². The number of nitrogens with zero attached hydrogens (tertiary/aromatic N) is 4. The molecule has 0 bridgehead atoms. The maximum Gasteiger partial charge on any atom is 0.338 e. The first-order valence-corrected chi connectivity index (χ1v) is 17.8. The van der Waals surface area contributed by atoms with E-state index in [1.54, 1.807) is 74.5 Å². The summed E-state index contributed by atoms with van der Waals surface area (Å²) in [7, 11) is 0. The van der Waals surface area contributed by atoms with E-state index < -0.39 is 24.1 Å². The third-order valence-corrected chi connectivity index (χ3v) is 9.75. The van der Waals surface area contributed by atoms with E-state index in [-0.39, 0.29) is 39.8 Å². The number of hydrogen-bond donors (Lipinski definition) is 4. The van der Waals surface area contributed by atoms with Crippen molar-refractivity contribution >= 4 is 101 Å². The predicted molar refractivity (Wildman–Crippen MR) is 224 cm³/mol. The zero-order valence-corrected chi connectivity index (χ0v) is 31.4. The van der Waals surface area contributed by atoms with Crippen LogP contribution in [-0.4, -0.2) is 47.6 Å². The number of hydrogen-bond acceptors (Lipinski definition) is 12. The van der Waals surface area contributed by atoms with Crippen molar-refractivity contribution in [1.29, 1.82) is 42.7 Å². The van der Waals surface area contributed by atoms with Crippen LogP contribution < -0.4 is 0 Å². The summed E-state index contributed by atoms with van der Waals surface area (Å²) in [5.41, 5.74) is 1.27. The number of ether oxygens (including phenoxy) is 2. The fraction of sp³-hybridized carbons (Fsp3) is 0.106. The summed E-state index contributed by atoms with van der Waals surface area (Å²) in [6, 6.07) is 31.0. The molecule has 0 aliphatic carbocycles. The first-order valence-electron chi connectivity index (χ1n) is 17.8. The highest BCUT2D eigenvalue weighted by molar-refractivity contribution is 6.25. The molecule has 0 aromatic heterocycles. The van der Waals surface area contributed by atoms with Gasteiger partial charge in [0.2, 0.25) is 0 Å². The van der Waals surface area contributed by atoms with Gasteiger partial charge in [-0.1, -0.05) is 60.7 Å². The molecule has 4 N–H and O–H groups in total. The number of rotatable bonds is 10. The van der Waals surface area contributed by atoms with Gasteiger partial charge in [0.05, 0.1) is 11.1 Å². The Morgan fingerprint density at radius 3 is 1.02 bits per heavy atom. The van der Waals surface area contributed by atoms with Gasteiger partial charge in [-0.05, 0) is 105 Å². The van der Waals surface area contributed by atoms with Crippen LogP contribution in [0.4, 0.5) is 0 Å². The molecule has 0 amide bonds. The molecule has 0 heterocycles. The Kier molecular flexibility index (Phi) is 11.3. The molecule has 6 aromatic rings. The lowest BCUT2D eigenvalue weighted by atomic mass is 9.86. The number of carbonyl (C=O) groups excluding carboxylic acids is 2. The van der Waals surface area contributed by atoms with Gasteiger partial charge >= 0.3 is 11.9 Å². The summed E-state index contributed by atoms with van der Waals surface area (Å²) in [5.74, 6) is 7.26. The number of nitrogens with one attached hydrogen (secondary N) is 4. The van der Waals surface area contributed by atoms with Gasteiger partial charge in [-0.2, -0.15) is 21.0 Å². The molecule has 0 saturated carbocycles. The summed E-state index contributed by atoms with van der Waals surface area (Å²) in [4.78, 5) is 27.2. The molecule has 0 aliphatic heterocycles. The number of carbonyl (C=O) groups is 2. The van der Waals surface area contributed by atoms with E-state index in [2.05, 4.69) is 23.5 Å². The topological polar surface area (TPSA) is 243 Å². The van der Waals surface area contributed by atoms with E-state index in [0.29, 0.717) is 65.3 Å². The Hall–Kier alpha value is -8.94. The largest absolute Gasteiger partial charge is 0.459 e. The van der Waals surface area contributed by atoms with Crippen molar-refractivity contribution in [2.24, 2.45) is 0 Å². The van der Waals surface area contributed by atoms with E-state index >= 15 is 0 Å². The first-order chi connectivity index (χ1) is 28.6. The summed E-state index contributed by atoms with van der Waals surface area (Å²) < 4.78 is 11.5. The fourth-order valence-electron chi connectivity index (χ4n) is 7.34. The van der Waals surface area contributed by atoms with Crippen LogP contribution in [0.15, 0.2) is 84.9 Å². The lowest BCUT2D eigenvalue weighted by Crippen LogP contribution is -2.23. The minimum absolute atomic E-state index is 0.0619. The molecule has 6 rings (SSSR count). The third kappa shape index (κ3) is 7.17. The molecule has 2 atom stereocenters. The number of allylic oxidation sites excluding steroid dienone is 4. The van der Waals surface area contributed by atoms with Gasteiger partial charge < -0.3 is 9.47 Å². The standard InChI is InChI=1S/C47H28N8O4/c1-26(58-46(56)28-11-13-38-40(16-28)44(32(22-52)23-53)36-9-5-3-7-34(36)42(38)30(18-48)19-49)15-27(2)59-47(57)29-12-14-39-41(17-29)45(33(24-54)25-55)37-10-6-4-8-35(37)43(39)31(20-50)21-51/h3-14,16-17,26-27,48,50,52,54H,15H2,1-2H3/t26-,27-/m1/s1. The molecule has 0 fully saturated rings. The Balaban J connectivity index is 1.30. The van der Waals surface area contributed by atoms with Crippen molar-refractivity contribution in [3.8, 4) is 24.3 Å². The van der Waals surface area contributed by atoms with Crippen molar-refractivity contribution in [3.05, 3.63) is 118 Å². The maximum absolute atomic E-state index is 13.6. The molecule has 0 aliphatic rings. The van der Waals surface area contributed by atoms with Crippen molar-refractivity contribution in [3.63, 3.8) is 0 Å². The summed E-state index contributed by atoms with van der Waals surface area (Å²) in [5, 5.41) is 74.5. The van der Waals surface area contributed by atoms with Gasteiger partial charge in [-0.25, -0.2) is 9.59 Å². The quantitative estimate of drug-likeness (QED) is 0.0452. The number of esters is 2. The van der Waals surface area contributed by atoms with Gasteiger partial charge in [0.15, 0.2) is 0 Å². The van der Waals surface area contributed by atoms with E-state index in [9.17, 15) is 30.6 Å².